The molecule has 0 radical (unpaired) electrons. The highest BCUT2D eigenvalue weighted by atomic mass is 14.5. The molecule has 0 nitrogen and oxygen atoms in total. The normalized spacial score (nSPS) is 48.8. The predicted octanol–water partition coefficient (Wildman–Crippen LogP) is 4.02. The first-order chi connectivity index (χ1) is 5.99. The summed E-state index contributed by atoms with van der Waals surface area (Å²) in [6, 6.07) is 0. The molecule has 3 rings (SSSR count). The Morgan fingerprint density at radius 3 is 2.31 bits per heavy atom. The maximum Gasteiger partial charge on any atom is -0.00919 e. The van der Waals surface area contributed by atoms with Crippen molar-refractivity contribution < 1.29 is 0 Å². The smallest absolute Gasteiger partial charge is 0.00919 e. The Balaban J connectivity index is 2.34. The largest absolute Gasteiger partial charge is 0.0817 e. The fourth-order valence-electron chi connectivity index (χ4n) is 3.13. The SMILES string of the molecule is CC1CC2(C(C)C)C=CC1(C)CC2. The molecule has 13 heavy (non-hydrogen) atoms. The van der Waals surface area contributed by atoms with E-state index in [0.717, 1.165) is 11.8 Å². The van der Waals surface area contributed by atoms with Crippen molar-refractivity contribution in [2.24, 2.45) is 22.7 Å². The van der Waals surface area contributed by atoms with Gasteiger partial charge in [-0.25, -0.2) is 0 Å². The lowest BCUT2D eigenvalue weighted by Gasteiger charge is -2.53. The highest BCUT2D eigenvalue weighted by molar-refractivity contribution is 5.18. The summed E-state index contributed by atoms with van der Waals surface area (Å²) in [5.74, 6) is 1.70. The third-order valence-corrected chi connectivity index (χ3v) is 4.89. The molecule has 3 atom stereocenters. The van der Waals surface area contributed by atoms with Gasteiger partial charge in [0.2, 0.25) is 0 Å². The maximum atomic E-state index is 2.53. The van der Waals surface area contributed by atoms with Crippen LogP contribution in [0.3, 0.4) is 0 Å². The molecule has 1 saturated carbocycles. The van der Waals surface area contributed by atoms with Crippen LogP contribution in [0, 0.1) is 22.7 Å². The molecule has 0 aromatic rings. The minimum atomic E-state index is 0.524. The van der Waals surface area contributed by atoms with Crippen molar-refractivity contribution in [1.82, 2.24) is 0 Å². The van der Waals surface area contributed by atoms with Gasteiger partial charge in [0.05, 0.1) is 0 Å². The monoisotopic (exact) mass is 178 g/mol. The van der Waals surface area contributed by atoms with Crippen molar-refractivity contribution in [3.8, 4) is 0 Å². The fraction of sp³-hybridized carbons (Fsp3) is 0.846. The quantitative estimate of drug-likeness (QED) is 0.532. The van der Waals surface area contributed by atoms with E-state index in [9.17, 15) is 0 Å². The third kappa shape index (κ3) is 1.18. The average molecular weight is 178 g/mol. The van der Waals surface area contributed by atoms with E-state index < -0.39 is 0 Å². The molecule has 3 aliphatic rings. The molecule has 2 bridgehead atoms. The fourth-order valence-corrected chi connectivity index (χ4v) is 3.13. The number of fused-ring (bicyclic) bond motifs is 2. The molecule has 0 saturated heterocycles. The van der Waals surface area contributed by atoms with Gasteiger partial charge in [0.15, 0.2) is 0 Å². The minimum Gasteiger partial charge on any atom is -0.0817 e. The highest BCUT2D eigenvalue weighted by Gasteiger charge is 2.47. The van der Waals surface area contributed by atoms with E-state index in [0.29, 0.717) is 10.8 Å². The van der Waals surface area contributed by atoms with Crippen LogP contribution >= 0.6 is 0 Å². The lowest BCUT2D eigenvalue weighted by Crippen LogP contribution is -2.43. The first-order valence-corrected chi connectivity index (χ1v) is 5.69. The Kier molecular flexibility index (Phi) is 1.87. The molecule has 74 valence electrons. The van der Waals surface area contributed by atoms with E-state index in [-0.39, 0.29) is 0 Å². The van der Waals surface area contributed by atoms with Gasteiger partial charge in [-0.3, -0.25) is 0 Å². The zero-order valence-corrected chi connectivity index (χ0v) is 9.43. The Morgan fingerprint density at radius 1 is 1.23 bits per heavy atom. The van der Waals surface area contributed by atoms with E-state index >= 15 is 0 Å². The molecule has 0 amide bonds. The number of allylic oxidation sites excluding steroid dienone is 2. The number of hydrogen-bond donors (Lipinski definition) is 0. The van der Waals surface area contributed by atoms with E-state index in [1.807, 2.05) is 0 Å². The van der Waals surface area contributed by atoms with Crippen LogP contribution in [-0.4, -0.2) is 0 Å². The summed E-state index contributed by atoms with van der Waals surface area (Å²) in [7, 11) is 0. The lowest BCUT2D eigenvalue weighted by atomic mass is 9.51. The summed E-state index contributed by atoms with van der Waals surface area (Å²) in [6.45, 7) is 9.62. The topological polar surface area (TPSA) is 0 Å². The average Bonchev–Trinajstić information content (AvgIpc) is 2.08. The predicted molar refractivity (Wildman–Crippen MR) is 57.5 cm³/mol. The maximum absolute atomic E-state index is 2.53. The van der Waals surface area contributed by atoms with Crippen LogP contribution in [0.5, 0.6) is 0 Å². The molecule has 0 heterocycles. The second kappa shape index (κ2) is 2.62. The summed E-state index contributed by atoms with van der Waals surface area (Å²) in [4.78, 5) is 0. The molecule has 0 aliphatic heterocycles. The molecular formula is C13H22. The lowest BCUT2D eigenvalue weighted by molar-refractivity contribution is 0.0407. The second-order valence-corrected chi connectivity index (χ2v) is 5.83. The Bertz CT molecular complexity index is 238. The van der Waals surface area contributed by atoms with E-state index in [2.05, 4.69) is 39.8 Å². The van der Waals surface area contributed by atoms with Crippen LogP contribution in [0.2, 0.25) is 0 Å². The highest BCUT2D eigenvalue weighted by Crippen LogP contribution is 2.57. The van der Waals surface area contributed by atoms with Crippen molar-refractivity contribution >= 4 is 0 Å². The standard InChI is InChI=1S/C13H22/c1-10(2)13-7-5-12(4,6-8-13)11(3)9-13/h5,7,10-11H,6,8-9H2,1-4H3. The molecule has 0 N–H and O–H groups in total. The van der Waals surface area contributed by atoms with Crippen molar-refractivity contribution in [2.45, 2.75) is 47.0 Å². The van der Waals surface area contributed by atoms with Crippen LogP contribution in [0.15, 0.2) is 12.2 Å². The molecule has 0 aromatic carbocycles. The molecule has 3 unspecified atom stereocenters. The summed E-state index contributed by atoms with van der Waals surface area (Å²) >= 11 is 0. The van der Waals surface area contributed by atoms with Gasteiger partial charge in [-0.15, -0.1) is 0 Å². The van der Waals surface area contributed by atoms with Crippen molar-refractivity contribution in [3.05, 3.63) is 12.2 Å². The molecule has 1 fully saturated rings. The van der Waals surface area contributed by atoms with Gasteiger partial charge >= 0.3 is 0 Å². The van der Waals surface area contributed by atoms with Gasteiger partial charge in [-0.05, 0) is 41.9 Å². The van der Waals surface area contributed by atoms with Crippen LogP contribution in [0.25, 0.3) is 0 Å². The zero-order valence-electron chi connectivity index (χ0n) is 9.43. The van der Waals surface area contributed by atoms with Crippen LogP contribution in [0.4, 0.5) is 0 Å². The molecular weight excluding hydrogens is 156 g/mol. The van der Waals surface area contributed by atoms with Crippen LogP contribution < -0.4 is 0 Å². The summed E-state index contributed by atoms with van der Waals surface area (Å²) in [6.07, 6.45) is 9.27. The van der Waals surface area contributed by atoms with Crippen LogP contribution in [0.1, 0.15) is 47.0 Å². The van der Waals surface area contributed by atoms with Gasteiger partial charge in [-0.2, -0.15) is 0 Å². The van der Waals surface area contributed by atoms with E-state index in [1.54, 1.807) is 0 Å². The van der Waals surface area contributed by atoms with Crippen molar-refractivity contribution in [1.29, 1.82) is 0 Å². The summed E-state index contributed by atoms with van der Waals surface area (Å²) in [5.41, 5.74) is 1.08. The van der Waals surface area contributed by atoms with Gasteiger partial charge in [0.1, 0.15) is 0 Å². The number of rotatable bonds is 1. The molecule has 0 aromatic heterocycles. The van der Waals surface area contributed by atoms with Crippen molar-refractivity contribution in [3.63, 3.8) is 0 Å². The van der Waals surface area contributed by atoms with Gasteiger partial charge < -0.3 is 0 Å². The summed E-state index contributed by atoms with van der Waals surface area (Å²) in [5, 5.41) is 0. The van der Waals surface area contributed by atoms with Gasteiger partial charge in [-0.1, -0.05) is 39.8 Å². The molecule has 3 aliphatic carbocycles. The van der Waals surface area contributed by atoms with E-state index in [4.69, 9.17) is 0 Å². The summed E-state index contributed by atoms with van der Waals surface area (Å²) < 4.78 is 0. The first-order valence-electron chi connectivity index (χ1n) is 5.69. The van der Waals surface area contributed by atoms with Gasteiger partial charge in [0.25, 0.3) is 0 Å². The van der Waals surface area contributed by atoms with E-state index in [1.165, 1.54) is 19.3 Å². The second-order valence-electron chi connectivity index (χ2n) is 5.83. The Morgan fingerprint density at radius 2 is 1.92 bits per heavy atom. The molecule has 0 spiro atoms. The van der Waals surface area contributed by atoms with Crippen molar-refractivity contribution in [2.75, 3.05) is 0 Å². The minimum absolute atomic E-state index is 0.524. The Labute approximate surface area is 82.4 Å². The zero-order chi connectivity index (χ0) is 9.69. The Hall–Kier alpha value is -0.260. The van der Waals surface area contributed by atoms with Gasteiger partial charge in [0, 0.05) is 0 Å². The number of hydrogen-bond acceptors (Lipinski definition) is 0. The first kappa shape index (κ1) is 9.30. The molecule has 0 heteroatoms. The van der Waals surface area contributed by atoms with Crippen LogP contribution in [-0.2, 0) is 0 Å². The third-order valence-electron chi connectivity index (χ3n) is 4.89.